The average molecular weight is 303 g/mol. The highest BCUT2D eigenvalue weighted by atomic mass is 16.5. The molecule has 1 unspecified atom stereocenters. The Morgan fingerprint density at radius 1 is 1.27 bits per heavy atom. The van der Waals surface area contributed by atoms with Gasteiger partial charge in [0.15, 0.2) is 5.96 Å². The Labute approximate surface area is 134 Å². The van der Waals surface area contributed by atoms with E-state index in [1.54, 1.807) is 0 Å². The lowest BCUT2D eigenvalue weighted by Crippen LogP contribution is -2.49. The van der Waals surface area contributed by atoms with Gasteiger partial charge in [0.25, 0.3) is 0 Å². The molecule has 1 aliphatic heterocycles. The van der Waals surface area contributed by atoms with Gasteiger partial charge in [-0.05, 0) is 31.7 Å². The maximum absolute atomic E-state index is 5.59. The highest BCUT2D eigenvalue weighted by Gasteiger charge is 2.34. The first-order valence-electron chi connectivity index (χ1n) is 8.30. The van der Waals surface area contributed by atoms with Crippen LogP contribution in [0.5, 0.6) is 0 Å². The van der Waals surface area contributed by atoms with E-state index in [4.69, 9.17) is 4.74 Å². The molecule has 0 bridgehead atoms. The first-order chi connectivity index (χ1) is 10.7. The van der Waals surface area contributed by atoms with Gasteiger partial charge in [-0.2, -0.15) is 0 Å². The van der Waals surface area contributed by atoms with E-state index in [1.807, 2.05) is 7.05 Å². The molecule has 2 N–H and O–H groups in total. The van der Waals surface area contributed by atoms with Crippen LogP contribution in [0.2, 0.25) is 0 Å². The molecule has 0 aromatic heterocycles. The van der Waals surface area contributed by atoms with E-state index in [1.165, 1.54) is 5.56 Å². The van der Waals surface area contributed by atoms with Gasteiger partial charge < -0.3 is 15.4 Å². The third-order valence-corrected chi connectivity index (χ3v) is 4.65. The summed E-state index contributed by atoms with van der Waals surface area (Å²) in [4.78, 5) is 4.35. The zero-order valence-corrected chi connectivity index (χ0v) is 14.1. The van der Waals surface area contributed by atoms with Gasteiger partial charge in [0.2, 0.25) is 0 Å². The summed E-state index contributed by atoms with van der Waals surface area (Å²) < 4.78 is 5.59. The molecule has 22 heavy (non-hydrogen) atoms. The number of hydrogen-bond donors (Lipinski definition) is 2. The number of guanidine groups is 1. The predicted octanol–water partition coefficient (Wildman–Crippen LogP) is 2.70. The second kappa shape index (κ2) is 8.18. The summed E-state index contributed by atoms with van der Waals surface area (Å²) >= 11 is 0. The van der Waals surface area contributed by atoms with Crippen molar-refractivity contribution in [2.75, 3.05) is 26.8 Å². The first kappa shape index (κ1) is 16.8. The third kappa shape index (κ3) is 4.23. The van der Waals surface area contributed by atoms with E-state index in [2.05, 4.69) is 59.8 Å². The van der Waals surface area contributed by atoms with E-state index in [9.17, 15) is 0 Å². The molecule has 1 saturated heterocycles. The van der Waals surface area contributed by atoms with Crippen LogP contribution in [0.3, 0.4) is 0 Å². The molecule has 4 heteroatoms. The lowest BCUT2D eigenvalue weighted by atomic mass is 9.74. The number of nitrogens with one attached hydrogen (secondary N) is 2. The Morgan fingerprint density at radius 2 is 1.95 bits per heavy atom. The molecule has 0 aliphatic carbocycles. The summed E-state index contributed by atoms with van der Waals surface area (Å²) in [7, 11) is 1.83. The fourth-order valence-corrected chi connectivity index (χ4v) is 2.90. The summed E-state index contributed by atoms with van der Waals surface area (Å²) in [6, 6.07) is 11.2. The van der Waals surface area contributed by atoms with E-state index >= 15 is 0 Å². The number of aliphatic imine (C=N–C) groups is 1. The minimum atomic E-state index is 0.132. The van der Waals surface area contributed by atoms with Crippen molar-refractivity contribution < 1.29 is 4.74 Å². The van der Waals surface area contributed by atoms with E-state index in [0.717, 1.165) is 45.0 Å². The predicted molar refractivity (Wildman–Crippen MR) is 92.4 cm³/mol. The maximum atomic E-state index is 5.59. The minimum absolute atomic E-state index is 0.132. The van der Waals surface area contributed by atoms with Crippen molar-refractivity contribution in [1.29, 1.82) is 0 Å². The molecule has 122 valence electrons. The quantitative estimate of drug-likeness (QED) is 0.649. The summed E-state index contributed by atoms with van der Waals surface area (Å²) in [6.45, 7) is 6.89. The van der Waals surface area contributed by atoms with Crippen LogP contribution in [0.25, 0.3) is 0 Å². The van der Waals surface area contributed by atoms with Crippen LogP contribution in [-0.2, 0) is 10.2 Å². The van der Waals surface area contributed by atoms with E-state index in [-0.39, 0.29) is 5.41 Å². The molecular weight excluding hydrogens is 274 g/mol. The lowest BCUT2D eigenvalue weighted by Gasteiger charge is -2.38. The highest BCUT2D eigenvalue weighted by Crippen LogP contribution is 2.34. The van der Waals surface area contributed by atoms with Gasteiger partial charge in [-0.15, -0.1) is 0 Å². The van der Waals surface area contributed by atoms with Crippen LogP contribution in [0, 0.1) is 0 Å². The van der Waals surface area contributed by atoms with Crippen LogP contribution in [0.4, 0.5) is 0 Å². The minimum Gasteiger partial charge on any atom is -0.381 e. The summed E-state index contributed by atoms with van der Waals surface area (Å²) in [5.41, 5.74) is 1.52. The second-order valence-electron chi connectivity index (χ2n) is 6.14. The summed E-state index contributed by atoms with van der Waals surface area (Å²) in [6.07, 6.45) is 3.17. The van der Waals surface area contributed by atoms with Gasteiger partial charge in [0, 0.05) is 38.3 Å². The number of benzene rings is 1. The van der Waals surface area contributed by atoms with E-state index in [0.29, 0.717) is 6.04 Å². The Morgan fingerprint density at radius 3 is 2.55 bits per heavy atom. The standard InChI is InChI=1S/C18H29N3O/c1-4-15(2)21-17(19-3)20-14-18(10-12-22-13-11-18)16-8-6-5-7-9-16/h5-9,15H,4,10-14H2,1-3H3,(H2,19,20,21). The molecule has 0 spiro atoms. The average Bonchev–Trinajstić information content (AvgIpc) is 2.60. The number of ether oxygens (including phenoxy) is 1. The first-order valence-corrected chi connectivity index (χ1v) is 8.30. The summed E-state index contributed by atoms with van der Waals surface area (Å²) in [5, 5.41) is 6.96. The molecule has 0 saturated carbocycles. The zero-order chi connectivity index (χ0) is 15.8. The number of hydrogen-bond acceptors (Lipinski definition) is 2. The number of nitrogens with zero attached hydrogens (tertiary/aromatic N) is 1. The van der Waals surface area contributed by atoms with Gasteiger partial charge in [-0.1, -0.05) is 37.3 Å². The molecule has 1 aliphatic rings. The SMILES string of the molecule is CCC(C)NC(=NC)NCC1(c2ccccc2)CCOCC1. The van der Waals surface area contributed by atoms with Crippen molar-refractivity contribution in [1.82, 2.24) is 10.6 Å². The Kier molecular flexibility index (Phi) is 6.25. The normalized spacial score (nSPS) is 19.5. The topological polar surface area (TPSA) is 45.7 Å². The Hall–Kier alpha value is -1.55. The van der Waals surface area contributed by atoms with Crippen molar-refractivity contribution in [2.45, 2.75) is 44.6 Å². The molecule has 1 heterocycles. The molecule has 1 atom stereocenters. The van der Waals surface area contributed by atoms with Crippen LogP contribution >= 0.6 is 0 Å². The van der Waals surface area contributed by atoms with Gasteiger partial charge in [-0.25, -0.2) is 0 Å². The molecule has 0 amide bonds. The largest absolute Gasteiger partial charge is 0.381 e. The van der Waals surface area contributed by atoms with Crippen LogP contribution in [-0.4, -0.2) is 38.8 Å². The molecule has 2 rings (SSSR count). The van der Waals surface area contributed by atoms with Crippen molar-refractivity contribution in [2.24, 2.45) is 4.99 Å². The van der Waals surface area contributed by atoms with Crippen molar-refractivity contribution in [3.05, 3.63) is 35.9 Å². The smallest absolute Gasteiger partial charge is 0.191 e. The monoisotopic (exact) mass is 303 g/mol. The molecule has 1 aromatic carbocycles. The molecule has 1 aromatic rings. The zero-order valence-electron chi connectivity index (χ0n) is 14.1. The molecular formula is C18H29N3O. The Balaban J connectivity index is 2.07. The molecule has 4 nitrogen and oxygen atoms in total. The van der Waals surface area contributed by atoms with Crippen LogP contribution in [0.1, 0.15) is 38.7 Å². The fraction of sp³-hybridized carbons (Fsp3) is 0.611. The van der Waals surface area contributed by atoms with E-state index < -0.39 is 0 Å². The van der Waals surface area contributed by atoms with Crippen molar-refractivity contribution in [3.63, 3.8) is 0 Å². The van der Waals surface area contributed by atoms with Crippen LogP contribution < -0.4 is 10.6 Å². The van der Waals surface area contributed by atoms with Crippen molar-refractivity contribution >= 4 is 5.96 Å². The maximum Gasteiger partial charge on any atom is 0.191 e. The second-order valence-corrected chi connectivity index (χ2v) is 6.14. The fourth-order valence-electron chi connectivity index (χ4n) is 2.90. The molecule has 1 fully saturated rings. The van der Waals surface area contributed by atoms with Gasteiger partial charge in [0.1, 0.15) is 0 Å². The van der Waals surface area contributed by atoms with Crippen molar-refractivity contribution in [3.8, 4) is 0 Å². The van der Waals surface area contributed by atoms with Gasteiger partial charge in [0.05, 0.1) is 0 Å². The number of rotatable bonds is 5. The molecule has 0 radical (unpaired) electrons. The van der Waals surface area contributed by atoms with Gasteiger partial charge in [-0.3, -0.25) is 4.99 Å². The highest BCUT2D eigenvalue weighted by molar-refractivity contribution is 5.80. The summed E-state index contributed by atoms with van der Waals surface area (Å²) in [5.74, 6) is 0.885. The third-order valence-electron chi connectivity index (χ3n) is 4.65. The Bertz CT molecular complexity index is 466. The lowest BCUT2D eigenvalue weighted by molar-refractivity contribution is 0.0513. The van der Waals surface area contributed by atoms with Crippen LogP contribution in [0.15, 0.2) is 35.3 Å². The van der Waals surface area contributed by atoms with Gasteiger partial charge >= 0.3 is 0 Å².